The van der Waals surface area contributed by atoms with Crippen LogP contribution in [0.15, 0.2) is 59.8 Å². The van der Waals surface area contributed by atoms with Crippen molar-refractivity contribution in [2.24, 2.45) is 0 Å². The maximum absolute atomic E-state index is 12.7. The van der Waals surface area contributed by atoms with Crippen LogP contribution in [0.3, 0.4) is 0 Å². The molecule has 0 N–H and O–H groups in total. The van der Waals surface area contributed by atoms with Gasteiger partial charge in [-0.15, -0.1) is 10.2 Å². The summed E-state index contributed by atoms with van der Waals surface area (Å²) in [5, 5.41) is 9.64. The summed E-state index contributed by atoms with van der Waals surface area (Å²) < 4.78 is 2.07. The molecule has 1 aliphatic heterocycles. The molecule has 4 rings (SSSR count). The van der Waals surface area contributed by atoms with Gasteiger partial charge >= 0.3 is 0 Å². The van der Waals surface area contributed by atoms with Crippen molar-refractivity contribution in [3.8, 4) is 5.69 Å². The van der Waals surface area contributed by atoms with Crippen LogP contribution >= 0.6 is 11.8 Å². The highest BCUT2D eigenvalue weighted by molar-refractivity contribution is 7.99. The van der Waals surface area contributed by atoms with Gasteiger partial charge in [0.1, 0.15) is 0 Å². The monoisotopic (exact) mass is 407 g/mol. The lowest BCUT2D eigenvalue weighted by Crippen LogP contribution is -2.28. The second-order valence-electron chi connectivity index (χ2n) is 7.22. The van der Waals surface area contributed by atoms with Gasteiger partial charge in [-0.3, -0.25) is 9.36 Å². The van der Waals surface area contributed by atoms with Crippen LogP contribution in [0.25, 0.3) is 5.69 Å². The molecular formula is C22H25N5OS. The van der Waals surface area contributed by atoms with Crippen LogP contribution in [0, 0.1) is 6.92 Å². The van der Waals surface area contributed by atoms with Crippen molar-refractivity contribution in [2.45, 2.75) is 24.9 Å². The lowest BCUT2D eigenvalue weighted by Gasteiger charge is -2.19. The lowest BCUT2D eigenvalue weighted by molar-refractivity contribution is -0.115. The SMILES string of the molecule is Cc1ccc(-n2c(SCC(=O)N(C)c3ccccc3)nnc2N2CCCC2)cc1. The maximum atomic E-state index is 12.7. The molecule has 2 aromatic carbocycles. The zero-order valence-corrected chi connectivity index (χ0v) is 17.6. The van der Waals surface area contributed by atoms with Gasteiger partial charge in [0, 0.05) is 25.8 Å². The van der Waals surface area contributed by atoms with Crippen molar-refractivity contribution in [3.63, 3.8) is 0 Å². The molecule has 150 valence electrons. The van der Waals surface area contributed by atoms with E-state index in [9.17, 15) is 4.79 Å². The van der Waals surface area contributed by atoms with Crippen molar-refractivity contribution in [3.05, 3.63) is 60.2 Å². The molecule has 0 aliphatic carbocycles. The van der Waals surface area contributed by atoms with Crippen LogP contribution in [0.4, 0.5) is 11.6 Å². The predicted molar refractivity (Wildman–Crippen MR) is 118 cm³/mol. The summed E-state index contributed by atoms with van der Waals surface area (Å²) in [5.41, 5.74) is 3.11. The van der Waals surface area contributed by atoms with Gasteiger partial charge in [0.2, 0.25) is 11.9 Å². The van der Waals surface area contributed by atoms with Gasteiger partial charge in [-0.1, -0.05) is 47.7 Å². The zero-order valence-electron chi connectivity index (χ0n) is 16.8. The second kappa shape index (κ2) is 8.69. The van der Waals surface area contributed by atoms with E-state index in [1.165, 1.54) is 30.2 Å². The fourth-order valence-corrected chi connectivity index (χ4v) is 4.28. The fraction of sp³-hybridized carbons (Fsp3) is 0.318. The van der Waals surface area contributed by atoms with E-state index in [0.29, 0.717) is 5.75 Å². The van der Waals surface area contributed by atoms with Gasteiger partial charge in [-0.05, 0) is 44.0 Å². The summed E-state index contributed by atoms with van der Waals surface area (Å²) in [7, 11) is 1.80. The van der Waals surface area contributed by atoms with E-state index in [1.54, 1.807) is 11.9 Å². The molecule has 1 aliphatic rings. The van der Waals surface area contributed by atoms with Gasteiger partial charge in [0.05, 0.1) is 11.4 Å². The number of nitrogens with zero attached hydrogens (tertiary/aromatic N) is 5. The van der Waals surface area contributed by atoms with Gasteiger partial charge < -0.3 is 9.80 Å². The summed E-state index contributed by atoms with van der Waals surface area (Å²) in [4.78, 5) is 16.7. The number of aromatic nitrogens is 3. The number of benzene rings is 2. The minimum absolute atomic E-state index is 0.0300. The van der Waals surface area contributed by atoms with Gasteiger partial charge in [0.15, 0.2) is 5.16 Å². The first kappa shape index (κ1) is 19.5. The summed E-state index contributed by atoms with van der Waals surface area (Å²) in [6.07, 6.45) is 2.34. The molecule has 29 heavy (non-hydrogen) atoms. The smallest absolute Gasteiger partial charge is 0.237 e. The average molecular weight is 408 g/mol. The third-order valence-corrected chi connectivity index (χ3v) is 6.05. The number of para-hydroxylation sites is 1. The van der Waals surface area contributed by atoms with Gasteiger partial charge in [0.25, 0.3) is 0 Å². The Morgan fingerprint density at radius 2 is 1.72 bits per heavy atom. The number of hydrogen-bond donors (Lipinski definition) is 0. The molecule has 7 heteroatoms. The largest absolute Gasteiger partial charge is 0.341 e. The summed E-state index contributed by atoms with van der Waals surface area (Å²) in [5.74, 6) is 1.19. The topological polar surface area (TPSA) is 54.3 Å². The number of amides is 1. The minimum atomic E-state index is 0.0300. The van der Waals surface area contributed by atoms with Crippen LogP contribution in [-0.2, 0) is 4.79 Å². The van der Waals surface area contributed by atoms with Crippen molar-refractivity contribution in [1.29, 1.82) is 0 Å². The number of thioether (sulfide) groups is 1. The molecule has 6 nitrogen and oxygen atoms in total. The Bertz CT molecular complexity index is 965. The molecule has 0 spiro atoms. The zero-order chi connectivity index (χ0) is 20.2. The van der Waals surface area contributed by atoms with E-state index in [0.717, 1.165) is 35.6 Å². The predicted octanol–water partition coefficient (Wildman–Crippen LogP) is 3.93. The highest BCUT2D eigenvalue weighted by Crippen LogP contribution is 2.29. The van der Waals surface area contributed by atoms with Crippen LogP contribution in [-0.4, -0.2) is 46.6 Å². The van der Waals surface area contributed by atoms with Crippen molar-refractivity contribution >= 4 is 29.3 Å². The molecule has 0 unspecified atom stereocenters. The number of hydrogen-bond acceptors (Lipinski definition) is 5. The molecule has 1 amide bonds. The quantitative estimate of drug-likeness (QED) is 0.580. The van der Waals surface area contributed by atoms with Crippen LogP contribution in [0.2, 0.25) is 0 Å². The van der Waals surface area contributed by atoms with E-state index in [2.05, 4.69) is 50.9 Å². The first-order valence-electron chi connectivity index (χ1n) is 9.85. The third kappa shape index (κ3) is 4.29. The summed E-state index contributed by atoms with van der Waals surface area (Å²) >= 11 is 1.43. The van der Waals surface area contributed by atoms with E-state index in [-0.39, 0.29) is 5.91 Å². The van der Waals surface area contributed by atoms with Crippen LogP contribution in [0.1, 0.15) is 18.4 Å². The maximum Gasteiger partial charge on any atom is 0.237 e. The van der Waals surface area contributed by atoms with Crippen LogP contribution < -0.4 is 9.80 Å². The highest BCUT2D eigenvalue weighted by Gasteiger charge is 2.23. The van der Waals surface area contributed by atoms with E-state index in [4.69, 9.17) is 0 Å². The van der Waals surface area contributed by atoms with Crippen molar-refractivity contribution in [1.82, 2.24) is 14.8 Å². The first-order valence-corrected chi connectivity index (χ1v) is 10.8. The Balaban J connectivity index is 1.57. The Morgan fingerprint density at radius 1 is 1.03 bits per heavy atom. The number of aryl methyl sites for hydroxylation is 1. The second-order valence-corrected chi connectivity index (χ2v) is 8.17. The fourth-order valence-electron chi connectivity index (χ4n) is 3.42. The first-order chi connectivity index (χ1) is 14.1. The minimum Gasteiger partial charge on any atom is -0.341 e. The van der Waals surface area contributed by atoms with Crippen molar-refractivity contribution < 1.29 is 4.79 Å². The number of rotatable bonds is 6. The molecule has 3 aromatic rings. The van der Waals surface area contributed by atoms with E-state index in [1.807, 2.05) is 30.3 Å². The Labute approximate surface area is 175 Å². The molecule has 1 fully saturated rings. The van der Waals surface area contributed by atoms with E-state index >= 15 is 0 Å². The Hall–Kier alpha value is -2.80. The standard InChI is InChI=1S/C22H25N5OS/c1-17-10-12-19(13-11-17)27-21(26-14-6-7-15-26)23-24-22(27)29-16-20(28)25(2)18-8-4-3-5-9-18/h3-5,8-13H,6-7,14-16H2,1-2H3. The molecule has 1 aromatic heterocycles. The van der Waals surface area contributed by atoms with Crippen molar-refractivity contribution in [2.75, 3.05) is 35.7 Å². The average Bonchev–Trinajstić information content (AvgIpc) is 3.42. The lowest BCUT2D eigenvalue weighted by atomic mass is 10.2. The van der Waals surface area contributed by atoms with Gasteiger partial charge in [-0.25, -0.2) is 0 Å². The number of carbonyl (C=O) groups excluding carboxylic acids is 1. The molecule has 0 radical (unpaired) electrons. The Kier molecular flexibility index (Phi) is 5.85. The summed E-state index contributed by atoms with van der Waals surface area (Å²) in [6.45, 7) is 4.06. The molecular weight excluding hydrogens is 382 g/mol. The van der Waals surface area contributed by atoms with Gasteiger partial charge in [-0.2, -0.15) is 0 Å². The molecule has 0 atom stereocenters. The molecule has 1 saturated heterocycles. The molecule has 0 saturated carbocycles. The van der Waals surface area contributed by atoms with Crippen LogP contribution in [0.5, 0.6) is 0 Å². The Morgan fingerprint density at radius 3 is 2.41 bits per heavy atom. The summed E-state index contributed by atoms with van der Waals surface area (Å²) in [6, 6.07) is 18.0. The normalized spacial score (nSPS) is 13.7. The third-order valence-electron chi connectivity index (χ3n) is 5.14. The highest BCUT2D eigenvalue weighted by atomic mass is 32.2. The van der Waals surface area contributed by atoms with E-state index < -0.39 is 0 Å². The molecule has 0 bridgehead atoms. The number of carbonyl (C=O) groups is 1. The molecule has 2 heterocycles. The number of anilines is 2.